The van der Waals surface area contributed by atoms with Gasteiger partial charge in [-0.1, -0.05) is 29.3 Å². The summed E-state index contributed by atoms with van der Waals surface area (Å²) in [6.07, 6.45) is 0. The summed E-state index contributed by atoms with van der Waals surface area (Å²) in [6.45, 7) is 7.21. The van der Waals surface area contributed by atoms with Crippen molar-refractivity contribution >= 4 is 16.8 Å². The van der Waals surface area contributed by atoms with Gasteiger partial charge in [0, 0.05) is 22.3 Å². The van der Waals surface area contributed by atoms with Gasteiger partial charge in [-0.25, -0.2) is 0 Å². The lowest BCUT2D eigenvalue weighted by Crippen LogP contribution is -2.30. The second-order valence-electron chi connectivity index (χ2n) is 5.41. The summed E-state index contributed by atoms with van der Waals surface area (Å²) in [7, 11) is -1.16. The van der Waals surface area contributed by atoms with Crippen molar-refractivity contribution in [2.45, 2.75) is 33.4 Å². The molecule has 1 aromatic rings. The lowest BCUT2D eigenvalue weighted by Gasteiger charge is -2.18. The molecule has 1 unspecified atom stereocenters. The molecule has 0 saturated carbocycles. The van der Waals surface area contributed by atoms with Crippen molar-refractivity contribution in [2.75, 3.05) is 5.75 Å². The molecule has 18 heavy (non-hydrogen) atoms. The number of carbonyl (C=O) groups is 1. The van der Waals surface area contributed by atoms with Crippen molar-refractivity contribution < 1.29 is 14.1 Å². The van der Waals surface area contributed by atoms with Gasteiger partial charge >= 0.3 is 5.97 Å². The molecule has 1 aromatic carbocycles. The second-order valence-corrected chi connectivity index (χ2v) is 6.87. The van der Waals surface area contributed by atoms with Crippen molar-refractivity contribution in [3.8, 4) is 0 Å². The summed E-state index contributed by atoms with van der Waals surface area (Å²) < 4.78 is 12.0. The van der Waals surface area contributed by atoms with Crippen molar-refractivity contribution in [2.24, 2.45) is 5.41 Å². The van der Waals surface area contributed by atoms with E-state index in [1.807, 2.05) is 26.0 Å². The smallest absolute Gasteiger partial charge is 0.310 e. The van der Waals surface area contributed by atoms with Crippen molar-refractivity contribution in [3.05, 3.63) is 34.9 Å². The lowest BCUT2D eigenvalue weighted by molar-refractivity contribution is -0.145. The number of carboxylic acids is 1. The van der Waals surface area contributed by atoms with Crippen LogP contribution in [-0.2, 0) is 21.3 Å². The molecule has 0 radical (unpaired) electrons. The summed E-state index contributed by atoms with van der Waals surface area (Å²) in [4.78, 5) is 11.0. The Kier molecular flexibility index (Phi) is 4.68. The fourth-order valence-electron chi connectivity index (χ4n) is 1.85. The summed E-state index contributed by atoms with van der Waals surface area (Å²) >= 11 is 0. The van der Waals surface area contributed by atoms with Gasteiger partial charge < -0.3 is 5.11 Å². The van der Waals surface area contributed by atoms with Crippen LogP contribution in [0.25, 0.3) is 0 Å². The molecular formula is C14H20O3S. The summed E-state index contributed by atoms with van der Waals surface area (Å²) in [6, 6.07) is 6.06. The number of aliphatic carboxylic acids is 1. The number of hydrogen-bond donors (Lipinski definition) is 1. The van der Waals surface area contributed by atoms with Crippen LogP contribution in [0.1, 0.15) is 30.5 Å². The van der Waals surface area contributed by atoms with Gasteiger partial charge in [-0.05, 0) is 33.3 Å². The SMILES string of the molecule is Cc1cc(C)cc(CS(=O)CC(C)(C)C(=O)O)c1. The van der Waals surface area contributed by atoms with E-state index >= 15 is 0 Å². The zero-order valence-corrected chi connectivity index (χ0v) is 12.1. The third-order valence-electron chi connectivity index (χ3n) is 2.71. The predicted molar refractivity (Wildman–Crippen MR) is 74.0 cm³/mol. The predicted octanol–water partition coefficient (Wildman–Crippen LogP) is 2.66. The Balaban J connectivity index is 2.73. The van der Waals surface area contributed by atoms with Gasteiger partial charge in [0.15, 0.2) is 0 Å². The van der Waals surface area contributed by atoms with Gasteiger partial charge in [0.05, 0.1) is 5.41 Å². The molecule has 0 aliphatic heterocycles. The van der Waals surface area contributed by atoms with E-state index in [0.717, 1.165) is 16.7 Å². The van der Waals surface area contributed by atoms with Gasteiger partial charge in [0.2, 0.25) is 0 Å². The molecule has 1 rings (SSSR count). The second kappa shape index (κ2) is 5.65. The molecule has 3 nitrogen and oxygen atoms in total. The van der Waals surface area contributed by atoms with E-state index < -0.39 is 22.2 Å². The topological polar surface area (TPSA) is 54.4 Å². The first-order valence-electron chi connectivity index (χ1n) is 5.86. The molecular weight excluding hydrogens is 248 g/mol. The molecule has 100 valence electrons. The number of hydrogen-bond acceptors (Lipinski definition) is 2. The van der Waals surface area contributed by atoms with Gasteiger partial charge in [0.1, 0.15) is 0 Å². The van der Waals surface area contributed by atoms with Gasteiger partial charge in [-0.2, -0.15) is 0 Å². The van der Waals surface area contributed by atoms with E-state index in [1.54, 1.807) is 13.8 Å². The molecule has 0 fully saturated rings. The number of rotatable bonds is 5. The highest BCUT2D eigenvalue weighted by Crippen LogP contribution is 2.19. The van der Waals surface area contributed by atoms with Crippen LogP contribution in [0, 0.1) is 19.3 Å². The van der Waals surface area contributed by atoms with Crippen LogP contribution in [-0.4, -0.2) is 21.0 Å². The van der Waals surface area contributed by atoms with Crippen molar-refractivity contribution in [1.29, 1.82) is 0 Å². The molecule has 0 aliphatic rings. The number of benzene rings is 1. The van der Waals surface area contributed by atoms with Gasteiger partial charge in [-0.3, -0.25) is 9.00 Å². The Hall–Kier alpha value is -1.16. The molecule has 0 amide bonds. The third-order valence-corrected chi connectivity index (χ3v) is 4.41. The Morgan fingerprint density at radius 1 is 1.22 bits per heavy atom. The Morgan fingerprint density at radius 2 is 1.72 bits per heavy atom. The quantitative estimate of drug-likeness (QED) is 0.893. The first kappa shape index (κ1) is 14.9. The van der Waals surface area contributed by atoms with Crippen LogP contribution in [0.3, 0.4) is 0 Å². The number of aryl methyl sites for hydroxylation is 2. The molecule has 0 bridgehead atoms. The highest BCUT2D eigenvalue weighted by Gasteiger charge is 2.29. The summed E-state index contributed by atoms with van der Waals surface area (Å²) in [5, 5.41) is 9.01. The molecule has 4 heteroatoms. The largest absolute Gasteiger partial charge is 0.481 e. The number of carboxylic acid groups (broad SMARTS) is 1. The van der Waals surface area contributed by atoms with Crippen LogP contribution in [0.5, 0.6) is 0 Å². The maximum Gasteiger partial charge on any atom is 0.310 e. The Bertz CT molecular complexity index is 458. The van der Waals surface area contributed by atoms with E-state index in [-0.39, 0.29) is 5.75 Å². The third kappa shape index (κ3) is 4.26. The van der Waals surface area contributed by atoms with Crippen LogP contribution >= 0.6 is 0 Å². The average molecular weight is 268 g/mol. The minimum absolute atomic E-state index is 0.176. The molecule has 0 heterocycles. The first-order valence-corrected chi connectivity index (χ1v) is 7.35. The zero-order chi connectivity index (χ0) is 13.9. The van der Waals surface area contributed by atoms with Crippen molar-refractivity contribution in [1.82, 2.24) is 0 Å². The Labute approximate surface area is 111 Å². The van der Waals surface area contributed by atoms with Gasteiger partial charge in [0.25, 0.3) is 0 Å². The average Bonchev–Trinajstić information content (AvgIpc) is 2.13. The van der Waals surface area contributed by atoms with E-state index in [0.29, 0.717) is 5.75 Å². The fraction of sp³-hybridized carbons (Fsp3) is 0.500. The van der Waals surface area contributed by atoms with E-state index in [1.165, 1.54) is 0 Å². The first-order chi connectivity index (χ1) is 8.20. The molecule has 0 aliphatic carbocycles. The highest BCUT2D eigenvalue weighted by atomic mass is 32.2. The fourth-order valence-corrected chi connectivity index (χ4v) is 3.42. The van der Waals surface area contributed by atoms with E-state index in [2.05, 4.69) is 6.07 Å². The maximum absolute atomic E-state index is 12.0. The molecule has 1 N–H and O–H groups in total. The van der Waals surface area contributed by atoms with Crippen LogP contribution in [0.4, 0.5) is 0 Å². The van der Waals surface area contributed by atoms with Crippen LogP contribution in [0.2, 0.25) is 0 Å². The van der Waals surface area contributed by atoms with Crippen molar-refractivity contribution in [3.63, 3.8) is 0 Å². The molecule has 1 atom stereocenters. The van der Waals surface area contributed by atoms with Crippen LogP contribution in [0.15, 0.2) is 18.2 Å². The van der Waals surface area contributed by atoms with E-state index in [9.17, 15) is 9.00 Å². The minimum atomic E-state index is -1.16. The molecule has 0 spiro atoms. The molecule has 0 saturated heterocycles. The minimum Gasteiger partial charge on any atom is -0.481 e. The van der Waals surface area contributed by atoms with Crippen LogP contribution < -0.4 is 0 Å². The Morgan fingerprint density at radius 3 is 2.17 bits per heavy atom. The summed E-state index contributed by atoms with van der Waals surface area (Å²) in [5.74, 6) is -0.314. The molecule has 0 aromatic heterocycles. The monoisotopic (exact) mass is 268 g/mol. The summed E-state index contributed by atoms with van der Waals surface area (Å²) in [5.41, 5.74) is 2.34. The maximum atomic E-state index is 12.0. The lowest BCUT2D eigenvalue weighted by atomic mass is 9.97. The highest BCUT2D eigenvalue weighted by molar-refractivity contribution is 7.84. The van der Waals surface area contributed by atoms with E-state index in [4.69, 9.17) is 5.11 Å². The zero-order valence-electron chi connectivity index (χ0n) is 11.3. The standard InChI is InChI=1S/C14H20O3S/c1-10-5-11(2)7-12(6-10)8-18(17)9-14(3,4)13(15)16/h5-7H,8-9H2,1-4H3,(H,15,16). The van der Waals surface area contributed by atoms with Gasteiger partial charge in [-0.15, -0.1) is 0 Å². The normalized spacial score (nSPS) is 13.3.